The fourth-order valence-corrected chi connectivity index (χ4v) is 3.36. The van der Waals surface area contributed by atoms with E-state index < -0.39 is 10.0 Å². The van der Waals surface area contributed by atoms with Crippen molar-refractivity contribution in [3.63, 3.8) is 0 Å². The predicted molar refractivity (Wildman–Crippen MR) is 68.1 cm³/mol. The molecule has 0 spiro atoms. The molecule has 108 valence electrons. The third kappa shape index (κ3) is 3.53. The smallest absolute Gasteiger partial charge is 0.246 e. The first-order valence-electron chi connectivity index (χ1n) is 6.36. The molecule has 1 aliphatic rings. The Kier molecular flexibility index (Phi) is 4.92. The van der Waals surface area contributed by atoms with Gasteiger partial charge in [0.1, 0.15) is 4.90 Å². The van der Waals surface area contributed by atoms with Crippen LogP contribution in [0.25, 0.3) is 0 Å². The molecule has 0 saturated carbocycles. The average Bonchev–Trinajstić information content (AvgIpc) is 2.70. The molecule has 2 rings (SSSR count). The highest BCUT2D eigenvalue weighted by atomic mass is 32.2. The van der Waals surface area contributed by atoms with Crippen LogP contribution in [0.2, 0.25) is 0 Å². The molecule has 19 heavy (non-hydrogen) atoms. The van der Waals surface area contributed by atoms with Gasteiger partial charge in [0.05, 0.1) is 12.8 Å². The van der Waals surface area contributed by atoms with Gasteiger partial charge in [-0.25, -0.2) is 8.42 Å². The Hall–Kier alpha value is -0.960. The van der Waals surface area contributed by atoms with E-state index in [-0.39, 0.29) is 11.5 Å². The molecule has 7 nitrogen and oxygen atoms in total. The van der Waals surface area contributed by atoms with E-state index in [1.54, 1.807) is 0 Å². The zero-order chi connectivity index (χ0) is 13.7. The molecule has 2 heterocycles. The van der Waals surface area contributed by atoms with Gasteiger partial charge in [0, 0.05) is 39.0 Å². The predicted octanol–water partition coefficient (Wildman–Crippen LogP) is -0.323. The number of rotatable bonds is 5. The van der Waals surface area contributed by atoms with E-state index >= 15 is 0 Å². The Morgan fingerprint density at radius 2 is 2.21 bits per heavy atom. The number of aryl methyl sites for hydroxylation is 1. The number of nitrogens with zero attached hydrogens (tertiary/aromatic N) is 3. The van der Waals surface area contributed by atoms with Gasteiger partial charge in [-0.2, -0.15) is 9.40 Å². The van der Waals surface area contributed by atoms with Crippen molar-refractivity contribution in [1.82, 2.24) is 14.1 Å². The van der Waals surface area contributed by atoms with Gasteiger partial charge >= 0.3 is 0 Å². The van der Waals surface area contributed by atoms with E-state index in [9.17, 15) is 8.42 Å². The molecule has 0 aromatic carbocycles. The van der Waals surface area contributed by atoms with Gasteiger partial charge in [0.15, 0.2) is 0 Å². The molecule has 0 amide bonds. The van der Waals surface area contributed by atoms with Crippen LogP contribution in [0.5, 0.6) is 0 Å². The van der Waals surface area contributed by atoms with Crippen molar-refractivity contribution in [2.24, 2.45) is 0 Å². The summed E-state index contributed by atoms with van der Waals surface area (Å²) in [6.07, 6.45) is 4.13. The van der Waals surface area contributed by atoms with Crippen LogP contribution in [0.1, 0.15) is 12.8 Å². The first kappa shape index (κ1) is 14.4. The molecule has 0 unspecified atom stereocenters. The summed E-state index contributed by atoms with van der Waals surface area (Å²) >= 11 is 0. The van der Waals surface area contributed by atoms with Crippen LogP contribution in [-0.2, 0) is 21.3 Å². The summed E-state index contributed by atoms with van der Waals surface area (Å²) in [7, 11) is -3.48. The molecule has 0 atom stereocenters. The molecule has 0 radical (unpaired) electrons. The number of hydrogen-bond acceptors (Lipinski definition) is 5. The largest absolute Gasteiger partial charge is 0.396 e. The maximum Gasteiger partial charge on any atom is 0.246 e. The van der Waals surface area contributed by atoms with Crippen molar-refractivity contribution < 1.29 is 18.3 Å². The Morgan fingerprint density at radius 3 is 3.00 bits per heavy atom. The Labute approximate surface area is 112 Å². The maximum atomic E-state index is 12.4. The van der Waals surface area contributed by atoms with Crippen LogP contribution >= 0.6 is 0 Å². The summed E-state index contributed by atoms with van der Waals surface area (Å²) < 4.78 is 33.0. The second-order valence-corrected chi connectivity index (χ2v) is 6.32. The molecule has 0 aliphatic carbocycles. The summed E-state index contributed by atoms with van der Waals surface area (Å²) in [4.78, 5) is 0.201. The molecule has 0 bridgehead atoms. The molecular formula is C11H19N3O4S. The molecule has 1 fully saturated rings. The number of sulfonamides is 1. The first-order valence-corrected chi connectivity index (χ1v) is 7.80. The SMILES string of the molecule is O=S(=O)(c1cnn(CCCO)c1)N1CCCOCC1. The van der Waals surface area contributed by atoms with Crippen molar-refractivity contribution in [2.75, 3.05) is 32.9 Å². The lowest BCUT2D eigenvalue weighted by Gasteiger charge is -2.17. The molecule has 1 aliphatic heterocycles. The van der Waals surface area contributed by atoms with Crippen molar-refractivity contribution >= 4 is 10.0 Å². The van der Waals surface area contributed by atoms with Gasteiger partial charge in [-0.15, -0.1) is 0 Å². The first-order chi connectivity index (χ1) is 9.14. The van der Waals surface area contributed by atoms with Crippen molar-refractivity contribution in [3.8, 4) is 0 Å². The zero-order valence-electron chi connectivity index (χ0n) is 10.7. The zero-order valence-corrected chi connectivity index (χ0v) is 11.5. The summed E-state index contributed by atoms with van der Waals surface area (Å²) in [5.74, 6) is 0. The van der Waals surface area contributed by atoms with Gasteiger partial charge in [0.2, 0.25) is 10.0 Å². The Morgan fingerprint density at radius 1 is 1.37 bits per heavy atom. The van der Waals surface area contributed by atoms with E-state index in [1.165, 1.54) is 21.4 Å². The number of aliphatic hydroxyl groups excluding tert-OH is 1. The van der Waals surface area contributed by atoms with Crippen LogP contribution in [-0.4, -0.2) is 60.5 Å². The minimum atomic E-state index is -3.48. The lowest BCUT2D eigenvalue weighted by Crippen LogP contribution is -2.33. The third-order valence-electron chi connectivity index (χ3n) is 2.97. The quantitative estimate of drug-likeness (QED) is 0.803. The van der Waals surface area contributed by atoms with Crippen molar-refractivity contribution in [2.45, 2.75) is 24.3 Å². The van der Waals surface area contributed by atoms with Crippen LogP contribution in [0.15, 0.2) is 17.3 Å². The maximum absolute atomic E-state index is 12.4. The van der Waals surface area contributed by atoms with Crippen LogP contribution in [0, 0.1) is 0 Å². The highest BCUT2D eigenvalue weighted by Crippen LogP contribution is 2.16. The van der Waals surface area contributed by atoms with Gasteiger partial charge in [0.25, 0.3) is 0 Å². The minimum absolute atomic E-state index is 0.0609. The number of aliphatic hydroxyl groups is 1. The Balaban J connectivity index is 2.11. The molecule has 1 aromatic heterocycles. The van der Waals surface area contributed by atoms with E-state index in [4.69, 9.17) is 9.84 Å². The second kappa shape index (κ2) is 6.47. The topological polar surface area (TPSA) is 84.7 Å². The summed E-state index contributed by atoms with van der Waals surface area (Å²) in [6, 6.07) is 0. The second-order valence-electron chi connectivity index (χ2n) is 4.39. The van der Waals surface area contributed by atoms with Crippen LogP contribution < -0.4 is 0 Å². The van der Waals surface area contributed by atoms with Gasteiger partial charge in [-0.05, 0) is 12.8 Å². The van der Waals surface area contributed by atoms with Crippen molar-refractivity contribution in [3.05, 3.63) is 12.4 Å². The normalized spacial score (nSPS) is 18.4. The van der Waals surface area contributed by atoms with Crippen molar-refractivity contribution in [1.29, 1.82) is 0 Å². The molecule has 8 heteroatoms. The fraction of sp³-hybridized carbons (Fsp3) is 0.727. The van der Waals surface area contributed by atoms with E-state index in [1.807, 2.05) is 0 Å². The number of ether oxygens (including phenoxy) is 1. The molecule has 1 N–H and O–H groups in total. The summed E-state index contributed by atoms with van der Waals surface area (Å²) in [5, 5.41) is 12.8. The monoisotopic (exact) mass is 289 g/mol. The Bertz CT molecular complexity index is 492. The van der Waals surface area contributed by atoms with Gasteiger partial charge in [-0.3, -0.25) is 4.68 Å². The summed E-state index contributed by atoms with van der Waals surface area (Å²) in [6.45, 7) is 2.45. The molecule has 1 saturated heterocycles. The summed E-state index contributed by atoms with van der Waals surface area (Å²) in [5.41, 5.74) is 0. The minimum Gasteiger partial charge on any atom is -0.396 e. The van der Waals surface area contributed by atoms with E-state index in [0.29, 0.717) is 45.7 Å². The highest BCUT2D eigenvalue weighted by molar-refractivity contribution is 7.89. The lowest BCUT2D eigenvalue weighted by molar-refractivity contribution is 0.148. The van der Waals surface area contributed by atoms with Crippen LogP contribution in [0.3, 0.4) is 0 Å². The van der Waals surface area contributed by atoms with Crippen LogP contribution in [0.4, 0.5) is 0 Å². The lowest BCUT2D eigenvalue weighted by atomic mass is 10.5. The standard InChI is InChI=1S/C11H19N3O4S/c15-6-1-3-13-10-11(9-12-13)19(16,17)14-4-2-7-18-8-5-14/h9-10,15H,1-8H2. The van der Waals surface area contributed by atoms with Gasteiger partial charge in [-0.1, -0.05) is 0 Å². The van der Waals surface area contributed by atoms with E-state index in [2.05, 4.69) is 5.10 Å². The average molecular weight is 289 g/mol. The molecular weight excluding hydrogens is 270 g/mol. The number of hydrogen-bond donors (Lipinski definition) is 1. The number of aromatic nitrogens is 2. The highest BCUT2D eigenvalue weighted by Gasteiger charge is 2.26. The van der Waals surface area contributed by atoms with Gasteiger partial charge < -0.3 is 9.84 Å². The molecule has 1 aromatic rings. The van der Waals surface area contributed by atoms with E-state index in [0.717, 1.165) is 0 Å². The third-order valence-corrected chi connectivity index (χ3v) is 4.83. The fourth-order valence-electron chi connectivity index (χ4n) is 1.95.